The molecule has 0 radical (unpaired) electrons. The highest BCUT2D eigenvalue weighted by atomic mass is 32.2. The van der Waals surface area contributed by atoms with Crippen LogP contribution in [0.4, 0.5) is 17.1 Å². The van der Waals surface area contributed by atoms with E-state index < -0.39 is 22.0 Å². The molecule has 1 atom stereocenters. The van der Waals surface area contributed by atoms with Crippen molar-refractivity contribution >= 4 is 44.8 Å². The van der Waals surface area contributed by atoms with Gasteiger partial charge in [-0.3, -0.25) is 19.1 Å². The molecule has 1 unspecified atom stereocenters. The lowest BCUT2D eigenvalue weighted by atomic mass is 10.1. The summed E-state index contributed by atoms with van der Waals surface area (Å²) < 4.78 is 25.7. The van der Waals surface area contributed by atoms with E-state index in [1.165, 1.54) is 25.1 Å². The molecule has 1 fully saturated rings. The Labute approximate surface area is 187 Å². The van der Waals surface area contributed by atoms with E-state index in [1.807, 2.05) is 0 Å². The summed E-state index contributed by atoms with van der Waals surface area (Å²) in [5, 5.41) is 8.27. The minimum absolute atomic E-state index is 0.0176. The fourth-order valence-corrected chi connectivity index (χ4v) is 3.68. The minimum atomic E-state index is -3.62. The predicted molar refractivity (Wildman–Crippen MR) is 123 cm³/mol. The van der Waals surface area contributed by atoms with Crippen LogP contribution in [0.5, 0.6) is 0 Å². The Morgan fingerprint density at radius 1 is 0.969 bits per heavy atom. The van der Waals surface area contributed by atoms with Gasteiger partial charge in [0.2, 0.25) is 21.8 Å². The fourth-order valence-electron chi connectivity index (χ4n) is 3.10. The molecule has 0 spiro atoms. The topological polar surface area (TPSA) is 133 Å². The molecule has 0 saturated heterocycles. The number of nitrogens with one attached hydrogen (secondary N) is 4. The third kappa shape index (κ3) is 6.55. The first-order chi connectivity index (χ1) is 15.0. The summed E-state index contributed by atoms with van der Waals surface area (Å²) in [6, 6.07) is 11.1. The van der Waals surface area contributed by atoms with Gasteiger partial charge in [-0.2, -0.15) is 0 Å². The number of carbonyl (C=O) groups is 3. The molecule has 0 aliphatic heterocycles. The molecule has 3 rings (SSSR count). The van der Waals surface area contributed by atoms with Crippen molar-refractivity contribution in [1.82, 2.24) is 5.32 Å². The van der Waals surface area contributed by atoms with Crippen molar-refractivity contribution in [1.29, 1.82) is 0 Å². The SMILES string of the molecule is CC(=O)Nc1ccc(NS(C)(=O)=O)c(C(=O)NC(C)c2ccc(NC(=O)C3CC3)cc2)c1. The number of hydrogen-bond acceptors (Lipinski definition) is 5. The number of rotatable bonds is 8. The van der Waals surface area contributed by atoms with Crippen LogP contribution in [-0.4, -0.2) is 32.4 Å². The zero-order valence-corrected chi connectivity index (χ0v) is 18.9. The summed E-state index contributed by atoms with van der Waals surface area (Å²) >= 11 is 0. The standard InChI is InChI=1S/C22H26N4O5S/c1-13(15-6-8-17(9-7-15)25-21(28)16-4-5-16)23-22(29)19-12-18(24-14(2)27)10-11-20(19)26-32(3,30)31/h6-13,16,26H,4-5H2,1-3H3,(H,23,29)(H,24,27)(H,25,28). The molecular weight excluding hydrogens is 432 g/mol. The third-order valence-corrected chi connectivity index (χ3v) is 5.44. The van der Waals surface area contributed by atoms with Crippen molar-refractivity contribution in [3.63, 3.8) is 0 Å². The molecule has 3 amide bonds. The normalized spacial score (nSPS) is 14.2. The number of carbonyl (C=O) groups excluding carboxylic acids is 3. The van der Waals surface area contributed by atoms with Crippen LogP contribution >= 0.6 is 0 Å². The molecule has 1 aliphatic carbocycles. The molecule has 2 aromatic rings. The summed E-state index contributed by atoms with van der Waals surface area (Å²) in [5.41, 5.74) is 2.03. The summed E-state index contributed by atoms with van der Waals surface area (Å²) in [7, 11) is -3.62. The molecular formula is C22H26N4O5S. The van der Waals surface area contributed by atoms with Crippen LogP contribution in [0.3, 0.4) is 0 Å². The summed E-state index contributed by atoms with van der Waals surface area (Å²) in [6.07, 6.45) is 2.83. The van der Waals surface area contributed by atoms with Gasteiger partial charge in [-0.25, -0.2) is 8.42 Å². The van der Waals surface area contributed by atoms with Crippen LogP contribution in [0.15, 0.2) is 42.5 Å². The summed E-state index contributed by atoms with van der Waals surface area (Å²) in [6.45, 7) is 3.12. The van der Waals surface area contributed by atoms with E-state index in [9.17, 15) is 22.8 Å². The van der Waals surface area contributed by atoms with Crippen molar-refractivity contribution in [2.75, 3.05) is 21.6 Å². The molecule has 170 valence electrons. The zero-order valence-electron chi connectivity index (χ0n) is 18.1. The second kappa shape index (κ2) is 9.39. The van der Waals surface area contributed by atoms with Gasteiger partial charge in [0, 0.05) is 24.2 Å². The second-order valence-corrected chi connectivity index (χ2v) is 9.64. The number of anilines is 3. The van der Waals surface area contributed by atoms with Crippen LogP contribution in [0.25, 0.3) is 0 Å². The Kier molecular flexibility index (Phi) is 6.83. The molecule has 0 bridgehead atoms. The van der Waals surface area contributed by atoms with Gasteiger partial charge in [0.05, 0.1) is 23.5 Å². The zero-order chi connectivity index (χ0) is 23.5. The Morgan fingerprint density at radius 3 is 2.16 bits per heavy atom. The van der Waals surface area contributed by atoms with Crippen LogP contribution in [0, 0.1) is 5.92 Å². The summed E-state index contributed by atoms with van der Waals surface area (Å²) in [4.78, 5) is 36.2. The average Bonchev–Trinajstić information content (AvgIpc) is 3.53. The number of hydrogen-bond donors (Lipinski definition) is 4. The number of benzene rings is 2. The van der Waals surface area contributed by atoms with Gasteiger partial charge >= 0.3 is 0 Å². The van der Waals surface area contributed by atoms with Gasteiger partial charge in [0.25, 0.3) is 5.91 Å². The Balaban J connectivity index is 1.75. The maximum atomic E-state index is 13.0. The first-order valence-electron chi connectivity index (χ1n) is 10.1. The van der Waals surface area contributed by atoms with E-state index in [1.54, 1.807) is 31.2 Å². The highest BCUT2D eigenvalue weighted by molar-refractivity contribution is 7.92. The second-order valence-electron chi connectivity index (χ2n) is 7.90. The molecule has 2 aromatic carbocycles. The minimum Gasteiger partial charge on any atom is -0.345 e. The summed E-state index contributed by atoms with van der Waals surface area (Å²) in [5.74, 6) is -0.704. The van der Waals surface area contributed by atoms with Crippen molar-refractivity contribution < 1.29 is 22.8 Å². The van der Waals surface area contributed by atoms with E-state index in [2.05, 4.69) is 20.7 Å². The molecule has 4 N–H and O–H groups in total. The third-order valence-electron chi connectivity index (χ3n) is 4.85. The van der Waals surface area contributed by atoms with Gasteiger partial charge in [-0.15, -0.1) is 0 Å². The molecule has 32 heavy (non-hydrogen) atoms. The van der Waals surface area contributed by atoms with Crippen molar-refractivity contribution in [2.45, 2.75) is 32.7 Å². The van der Waals surface area contributed by atoms with E-state index in [0.717, 1.165) is 24.7 Å². The average molecular weight is 459 g/mol. The maximum Gasteiger partial charge on any atom is 0.253 e. The van der Waals surface area contributed by atoms with Gasteiger partial charge in [-0.05, 0) is 55.7 Å². The van der Waals surface area contributed by atoms with Crippen molar-refractivity contribution in [2.24, 2.45) is 5.92 Å². The lowest BCUT2D eigenvalue weighted by Crippen LogP contribution is -2.28. The molecule has 0 aromatic heterocycles. The van der Waals surface area contributed by atoms with Gasteiger partial charge < -0.3 is 16.0 Å². The van der Waals surface area contributed by atoms with Crippen LogP contribution in [-0.2, 0) is 19.6 Å². The van der Waals surface area contributed by atoms with Crippen molar-refractivity contribution in [3.8, 4) is 0 Å². The molecule has 0 heterocycles. The van der Waals surface area contributed by atoms with Gasteiger partial charge in [0.1, 0.15) is 0 Å². The van der Waals surface area contributed by atoms with E-state index in [0.29, 0.717) is 11.4 Å². The lowest BCUT2D eigenvalue weighted by Gasteiger charge is -2.18. The first-order valence-corrected chi connectivity index (χ1v) is 12.0. The van der Waals surface area contributed by atoms with Crippen LogP contribution in [0.1, 0.15) is 48.7 Å². The molecule has 9 nitrogen and oxygen atoms in total. The van der Waals surface area contributed by atoms with Gasteiger partial charge in [0.15, 0.2) is 0 Å². The smallest absolute Gasteiger partial charge is 0.253 e. The highest BCUT2D eigenvalue weighted by Gasteiger charge is 2.29. The van der Waals surface area contributed by atoms with E-state index >= 15 is 0 Å². The van der Waals surface area contributed by atoms with Gasteiger partial charge in [-0.1, -0.05) is 12.1 Å². The Morgan fingerprint density at radius 2 is 1.59 bits per heavy atom. The molecule has 10 heteroatoms. The Bertz CT molecular complexity index is 1140. The van der Waals surface area contributed by atoms with Crippen LogP contribution < -0.4 is 20.7 Å². The number of sulfonamides is 1. The molecule has 1 saturated carbocycles. The quantitative estimate of drug-likeness (QED) is 0.483. The van der Waals surface area contributed by atoms with Crippen molar-refractivity contribution in [3.05, 3.63) is 53.6 Å². The lowest BCUT2D eigenvalue weighted by molar-refractivity contribution is -0.117. The Hall–Kier alpha value is -3.40. The monoisotopic (exact) mass is 458 g/mol. The first kappa shape index (κ1) is 23.3. The molecule has 1 aliphatic rings. The highest BCUT2D eigenvalue weighted by Crippen LogP contribution is 2.30. The predicted octanol–water partition coefficient (Wildman–Crippen LogP) is 2.86. The maximum absolute atomic E-state index is 13.0. The fraction of sp³-hybridized carbons (Fsp3) is 0.318. The van der Waals surface area contributed by atoms with E-state index in [-0.39, 0.29) is 29.0 Å². The number of amides is 3. The van der Waals surface area contributed by atoms with Crippen LogP contribution in [0.2, 0.25) is 0 Å². The van der Waals surface area contributed by atoms with E-state index in [4.69, 9.17) is 0 Å². The largest absolute Gasteiger partial charge is 0.345 e.